The zero-order chi connectivity index (χ0) is 7.68. The van der Waals surface area contributed by atoms with Gasteiger partial charge in [-0.2, -0.15) is 0 Å². The quantitative estimate of drug-likeness (QED) is 0.346. The highest BCUT2D eigenvalue weighted by Gasteiger charge is 2.25. The first-order valence-corrected chi connectivity index (χ1v) is 4.03. The predicted molar refractivity (Wildman–Crippen MR) is 42.7 cm³/mol. The third kappa shape index (κ3) is 1.11. The summed E-state index contributed by atoms with van der Waals surface area (Å²) in [4.78, 5) is 2.29. The van der Waals surface area contributed by atoms with Gasteiger partial charge in [0.2, 0.25) is 0 Å². The van der Waals surface area contributed by atoms with Crippen molar-refractivity contribution in [1.29, 1.82) is 0 Å². The molecule has 3 heterocycles. The zero-order valence-electron chi connectivity index (χ0n) is 6.40. The van der Waals surface area contributed by atoms with E-state index in [1.165, 1.54) is 31.5 Å². The number of hydrogen-bond acceptors (Lipinski definition) is 3. The molecule has 0 amide bonds. The molecule has 2 bridgehead atoms. The molecule has 3 aliphatic rings. The molecule has 3 heteroatoms. The number of fused-ring (bicyclic) bond motifs is 2. The van der Waals surface area contributed by atoms with Gasteiger partial charge in [-0.3, -0.25) is 0 Å². The Labute approximate surface area is 66.0 Å². The van der Waals surface area contributed by atoms with Crippen LogP contribution in [0.4, 0.5) is 0 Å². The minimum Gasteiger partial charge on any atom is -0.411 e. The summed E-state index contributed by atoms with van der Waals surface area (Å²) < 4.78 is 0. The van der Waals surface area contributed by atoms with Gasteiger partial charge in [0.1, 0.15) is 0 Å². The number of piperidine rings is 1. The molecule has 0 spiro atoms. The Hall–Kier alpha value is -0.990. The molecule has 11 heavy (non-hydrogen) atoms. The Balaban J connectivity index is 2.20. The zero-order valence-corrected chi connectivity index (χ0v) is 6.40. The molecule has 0 saturated carbocycles. The van der Waals surface area contributed by atoms with Crippen LogP contribution in [0.5, 0.6) is 0 Å². The van der Waals surface area contributed by atoms with Crippen LogP contribution in [0, 0.1) is 5.92 Å². The molecule has 3 rings (SSSR count). The van der Waals surface area contributed by atoms with E-state index < -0.39 is 0 Å². The third-order valence-electron chi connectivity index (χ3n) is 2.54. The second kappa shape index (κ2) is 2.57. The Morgan fingerprint density at radius 1 is 1.55 bits per heavy atom. The molecule has 0 aromatic carbocycles. The minimum atomic E-state index is 0.649. The summed E-state index contributed by atoms with van der Waals surface area (Å²) in [5.41, 5.74) is 1.19. The van der Waals surface area contributed by atoms with Crippen molar-refractivity contribution < 1.29 is 5.21 Å². The van der Waals surface area contributed by atoms with E-state index in [0.29, 0.717) is 5.92 Å². The molecule has 0 aromatic rings. The standard InChI is InChI=1S/C8H12N2O/c11-9-5-8-6-10-3-1-7(8)2-4-10/h5-7,11H,1-4H2. The lowest BCUT2D eigenvalue weighted by Gasteiger charge is -2.37. The first-order valence-electron chi connectivity index (χ1n) is 4.03. The fraction of sp³-hybridized carbons (Fsp3) is 0.625. The molecule has 0 unspecified atom stereocenters. The minimum absolute atomic E-state index is 0.649. The van der Waals surface area contributed by atoms with Crippen LogP contribution in [0.15, 0.2) is 16.9 Å². The molecule has 60 valence electrons. The van der Waals surface area contributed by atoms with E-state index in [-0.39, 0.29) is 0 Å². The van der Waals surface area contributed by atoms with E-state index in [4.69, 9.17) is 5.21 Å². The lowest BCUT2D eigenvalue weighted by Crippen LogP contribution is -2.36. The Bertz CT molecular complexity index is 202. The SMILES string of the molecule is ON=CC1=CN2CCC1CC2. The normalized spacial score (nSPS) is 24.7. The van der Waals surface area contributed by atoms with Crippen LogP contribution in [0.1, 0.15) is 12.8 Å². The summed E-state index contributed by atoms with van der Waals surface area (Å²) in [6, 6.07) is 0. The summed E-state index contributed by atoms with van der Waals surface area (Å²) in [6.45, 7) is 2.35. The Morgan fingerprint density at radius 3 is 2.73 bits per heavy atom. The van der Waals surface area contributed by atoms with E-state index in [9.17, 15) is 0 Å². The largest absolute Gasteiger partial charge is 0.411 e. The number of hydrogen-bond donors (Lipinski definition) is 1. The molecule has 0 atom stereocenters. The first kappa shape index (κ1) is 6.70. The maximum Gasteiger partial charge on any atom is 0.0710 e. The van der Waals surface area contributed by atoms with E-state index in [0.717, 1.165) is 0 Å². The molecule has 3 nitrogen and oxygen atoms in total. The molecule has 0 radical (unpaired) electrons. The molecule has 1 saturated heterocycles. The fourth-order valence-electron chi connectivity index (χ4n) is 1.88. The molecular weight excluding hydrogens is 140 g/mol. The van der Waals surface area contributed by atoms with Crippen molar-refractivity contribution in [2.24, 2.45) is 11.1 Å². The summed E-state index contributed by atoms with van der Waals surface area (Å²) in [5, 5.41) is 11.4. The van der Waals surface area contributed by atoms with E-state index >= 15 is 0 Å². The molecule has 1 N–H and O–H groups in total. The fourth-order valence-corrected chi connectivity index (χ4v) is 1.88. The third-order valence-corrected chi connectivity index (χ3v) is 2.54. The Morgan fingerprint density at radius 2 is 2.27 bits per heavy atom. The highest BCUT2D eigenvalue weighted by molar-refractivity contribution is 5.79. The summed E-state index contributed by atoms with van der Waals surface area (Å²) in [6.07, 6.45) is 6.11. The average molecular weight is 152 g/mol. The predicted octanol–water partition coefficient (Wildman–Crippen LogP) is 1.06. The lowest BCUT2D eigenvalue weighted by molar-refractivity contribution is 0.236. The van der Waals surface area contributed by atoms with Gasteiger partial charge in [0, 0.05) is 19.3 Å². The van der Waals surface area contributed by atoms with Gasteiger partial charge in [0.15, 0.2) is 0 Å². The van der Waals surface area contributed by atoms with Crippen LogP contribution in [0.2, 0.25) is 0 Å². The molecule has 0 aromatic heterocycles. The maximum absolute atomic E-state index is 8.36. The van der Waals surface area contributed by atoms with Gasteiger partial charge in [-0.05, 0) is 24.3 Å². The van der Waals surface area contributed by atoms with Gasteiger partial charge in [0.25, 0.3) is 0 Å². The van der Waals surface area contributed by atoms with Crippen LogP contribution in [0.25, 0.3) is 0 Å². The van der Waals surface area contributed by atoms with Crippen molar-refractivity contribution >= 4 is 6.21 Å². The number of rotatable bonds is 1. The van der Waals surface area contributed by atoms with E-state index in [1.54, 1.807) is 6.21 Å². The number of nitrogens with zero attached hydrogens (tertiary/aromatic N) is 2. The van der Waals surface area contributed by atoms with Crippen LogP contribution in [-0.2, 0) is 0 Å². The summed E-state index contributed by atoms with van der Waals surface area (Å²) in [7, 11) is 0. The monoisotopic (exact) mass is 152 g/mol. The molecule has 1 fully saturated rings. The van der Waals surface area contributed by atoms with Crippen LogP contribution < -0.4 is 0 Å². The van der Waals surface area contributed by atoms with Gasteiger partial charge >= 0.3 is 0 Å². The van der Waals surface area contributed by atoms with Gasteiger partial charge < -0.3 is 10.1 Å². The molecule has 3 aliphatic heterocycles. The van der Waals surface area contributed by atoms with Crippen LogP contribution >= 0.6 is 0 Å². The van der Waals surface area contributed by atoms with Crippen molar-refractivity contribution in [3.63, 3.8) is 0 Å². The average Bonchev–Trinajstić information content (AvgIpc) is 2.07. The number of allylic oxidation sites excluding steroid dienone is 1. The Kier molecular flexibility index (Phi) is 1.56. The lowest BCUT2D eigenvalue weighted by atomic mass is 9.86. The van der Waals surface area contributed by atoms with E-state index in [1.807, 2.05) is 0 Å². The van der Waals surface area contributed by atoms with Crippen molar-refractivity contribution in [3.8, 4) is 0 Å². The van der Waals surface area contributed by atoms with Crippen molar-refractivity contribution in [3.05, 3.63) is 11.8 Å². The van der Waals surface area contributed by atoms with Crippen molar-refractivity contribution in [2.75, 3.05) is 13.1 Å². The first-order chi connectivity index (χ1) is 5.40. The van der Waals surface area contributed by atoms with Gasteiger partial charge in [-0.25, -0.2) is 0 Å². The van der Waals surface area contributed by atoms with Crippen LogP contribution in [0.3, 0.4) is 0 Å². The van der Waals surface area contributed by atoms with Gasteiger partial charge in [0.05, 0.1) is 6.21 Å². The summed E-state index contributed by atoms with van der Waals surface area (Å²) >= 11 is 0. The molecule has 0 aliphatic carbocycles. The van der Waals surface area contributed by atoms with Crippen molar-refractivity contribution in [1.82, 2.24) is 4.90 Å². The van der Waals surface area contributed by atoms with Gasteiger partial charge in [-0.15, -0.1) is 0 Å². The summed E-state index contributed by atoms with van der Waals surface area (Å²) in [5.74, 6) is 0.649. The highest BCUT2D eigenvalue weighted by Crippen LogP contribution is 2.29. The second-order valence-electron chi connectivity index (χ2n) is 3.18. The van der Waals surface area contributed by atoms with Gasteiger partial charge in [-0.1, -0.05) is 5.16 Å². The van der Waals surface area contributed by atoms with Crippen LogP contribution in [-0.4, -0.2) is 29.4 Å². The van der Waals surface area contributed by atoms with E-state index in [2.05, 4.69) is 16.3 Å². The maximum atomic E-state index is 8.36. The number of oxime groups is 1. The molecular formula is C8H12N2O. The van der Waals surface area contributed by atoms with Crippen molar-refractivity contribution in [2.45, 2.75) is 12.8 Å². The second-order valence-corrected chi connectivity index (χ2v) is 3.18. The highest BCUT2D eigenvalue weighted by atomic mass is 16.4. The topological polar surface area (TPSA) is 35.8 Å². The smallest absolute Gasteiger partial charge is 0.0710 e.